The van der Waals surface area contributed by atoms with E-state index in [0.717, 1.165) is 5.56 Å². The van der Waals surface area contributed by atoms with Crippen LogP contribution in [0.2, 0.25) is 10.0 Å². The monoisotopic (exact) mass is 203 g/mol. The predicted octanol–water partition coefficient (Wildman–Crippen LogP) is 3.38. The molecule has 1 radical (unpaired) electrons. The molecule has 12 heavy (non-hydrogen) atoms. The van der Waals surface area contributed by atoms with Gasteiger partial charge in [0.05, 0.1) is 12.1 Å². The van der Waals surface area contributed by atoms with Crippen molar-refractivity contribution in [2.45, 2.75) is 6.42 Å². The fourth-order valence-corrected chi connectivity index (χ4v) is 1.33. The van der Waals surface area contributed by atoms with Crippen molar-refractivity contribution in [2.75, 3.05) is 7.11 Å². The van der Waals surface area contributed by atoms with E-state index in [1.807, 2.05) is 6.07 Å². The molecule has 0 heterocycles. The first-order valence-corrected chi connectivity index (χ1v) is 4.25. The Labute approximate surface area is 82.2 Å². The summed E-state index contributed by atoms with van der Waals surface area (Å²) in [6.45, 7) is 3.74. The summed E-state index contributed by atoms with van der Waals surface area (Å²) in [7, 11) is 1.56. The molecule has 0 spiro atoms. The lowest BCUT2D eigenvalue weighted by molar-refractivity contribution is 0.414. The third-order valence-electron chi connectivity index (χ3n) is 1.56. The highest BCUT2D eigenvalue weighted by Gasteiger charge is 2.06. The molecule has 0 aliphatic rings. The molecule has 0 fully saturated rings. The van der Waals surface area contributed by atoms with Crippen LogP contribution in [0.15, 0.2) is 12.1 Å². The highest BCUT2D eigenvalue weighted by atomic mass is 35.5. The number of halogens is 2. The van der Waals surface area contributed by atoms with Crippen LogP contribution in [0.5, 0.6) is 5.75 Å². The van der Waals surface area contributed by atoms with Gasteiger partial charge in [-0.15, -0.1) is 0 Å². The molecule has 0 amide bonds. The Kier molecular flexibility index (Phi) is 3.24. The molecule has 1 rings (SSSR count). The summed E-state index contributed by atoms with van der Waals surface area (Å²) in [4.78, 5) is 0. The smallest absolute Gasteiger partial charge is 0.139 e. The molecule has 0 aliphatic heterocycles. The van der Waals surface area contributed by atoms with Gasteiger partial charge < -0.3 is 4.74 Å². The molecule has 1 aromatic rings. The summed E-state index contributed by atoms with van der Waals surface area (Å²) in [5.41, 5.74) is 1.02. The Bertz CT molecular complexity index is 284. The number of ether oxygens (including phenoxy) is 1. The zero-order valence-electron chi connectivity index (χ0n) is 6.73. The van der Waals surface area contributed by atoms with Gasteiger partial charge in [-0.2, -0.15) is 0 Å². The maximum absolute atomic E-state index is 5.84. The normalized spacial score (nSPS) is 10.0. The molecule has 0 aliphatic carbocycles. The zero-order chi connectivity index (χ0) is 9.14. The number of rotatable bonds is 2. The second kappa shape index (κ2) is 4.01. The Balaban J connectivity index is 3.19. The van der Waals surface area contributed by atoms with E-state index in [9.17, 15) is 0 Å². The van der Waals surface area contributed by atoms with Crippen molar-refractivity contribution in [1.29, 1.82) is 0 Å². The Morgan fingerprint density at radius 3 is 2.58 bits per heavy atom. The highest BCUT2D eigenvalue weighted by molar-refractivity contribution is 6.43. The van der Waals surface area contributed by atoms with E-state index in [0.29, 0.717) is 22.2 Å². The Morgan fingerprint density at radius 2 is 2.08 bits per heavy atom. The van der Waals surface area contributed by atoms with E-state index in [1.54, 1.807) is 13.2 Å². The first-order chi connectivity index (χ1) is 5.69. The summed E-state index contributed by atoms with van der Waals surface area (Å²) in [6, 6.07) is 3.63. The van der Waals surface area contributed by atoms with Gasteiger partial charge in [-0.25, -0.2) is 0 Å². The molecule has 1 aromatic carbocycles. The average molecular weight is 204 g/mol. The molecule has 0 bridgehead atoms. The van der Waals surface area contributed by atoms with Gasteiger partial charge in [0.25, 0.3) is 0 Å². The molecular weight excluding hydrogens is 195 g/mol. The van der Waals surface area contributed by atoms with Gasteiger partial charge in [0.15, 0.2) is 0 Å². The standard InChI is InChI=1S/C9H9Cl2O/c1-3-6-4-7(10)9(11)8(5-6)12-2/h4-5H,1,3H2,2H3. The van der Waals surface area contributed by atoms with Crippen molar-refractivity contribution in [2.24, 2.45) is 0 Å². The maximum atomic E-state index is 5.84. The van der Waals surface area contributed by atoms with Crippen molar-refractivity contribution in [3.8, 4) is 5.75 Å². The van der Waals surface area contributed by atoms with Crippen LogP contribution in [0.4, 0.5) is 0 Å². The van der Waals surface area contributed by atoms with E-state index in [1.165, 1.54) is 0 Å². The summed E-state index contributed by atoms with van der Waals surface area (Å²) >= 11 is 11.7. The Hall–Kier alpha value is -0.400. The van der Waals surface area contributed by atoms with Crippen LogP contribution in [0.3, 0.4) is 0 Å². The third-order valence-corrected chi connectivity index (χ3v) is 2.35. The predicted molar refractivity (Wildman–Crippen MR) is 52.1 cm³/mol. The van der Waals surface area contributed by atoms with Crippen LogP contribution < -0.4 is 4.74 Å². The second-order valence-corrected chi connectivity index (χ2v) is 3.13. The minimum atomic E-state index is 0.455. The van der Waals surface area contributed by atoms with E-state index in [2.05, 4.69) is 6.92 Å². The Morgan fingerprint density at radius 1 is 1.42 bits per heavy atom. The zero-order valence-corrected chi connectivity index (χ0v) is 8.24. The van der Waals surface area contributed by atoms with Crippen molar-refractivity contribution in [3.63, 3.8) is 0 Å². The van der Waals surface area contributed by atoms with Crippen molar-refractivity contribution >= 4 is 23.2 Å². The van der Waals surface area contributed by atoms with Gasteiger partial charge in [-0.1, -0.05) is 23.2 Å². The van der Waals surface area contributed by atoms with Crippen LogP contribution in [0.1, 0.15) is 5.56 Å². The first kappa shape index (κ1) is 9.69. The largest absolute Gasteiger partial charge is 0.495 e. The van der Waals surface area contributed by atoms with Crippen LogP contribution in [0.25, 0.3) is 0 Å². The third kappa shape index (κ3) is 1.85. The minimum absolute atomic E-state index is 0.455. The van der Waals surface area contributed by atoms with Gasteiger partial charge in [-0.3, -0.25) is 0 Å². The fourth-order valence-electron chi connectivity index (χ4n) is 0.910. The lowest BCUT2D eigenvalue weighted by Gasteiger charge is -2.06. The molecule has 0 N–H and O–H groups in total. The lowest BCUT2D eigenvalue weighted by atomic mass is 10.2. The molecule has 0 atom stereocenters. The second-order valence-electron chi connectivity index (χ2n) is 2.34. The molecule has 0 unspecified atom stereocenters. The van der Waals surface area contributed by atoms with Crippen LogP contribution in [-0.4, -0.2) is 7.11 Å². The summed E-state index contributed by atoms with van der Waals surface area (Å²) in [5.74, 6) is 0.600. The molecule has 0 saturated heterocycles. The van der Waals surface area contributed by atoms with Gasteiger partial charge in [0.2, 0.25) is 0 Å². The maximum Gasteiger partial charge on any atom is 0.139 e. The van der Waals surface area contributed by atoms with Gasteiger partial charge in [-0.05, 0) is 31.0 Å². The number of hydrogen-bond donors (Lipinski definition) is 0. The van der Waals surface area contributed by atoms with E-state index >= 15 is 0 Å². The molecule has 0 aromatic heterocycles. The lowest BCUT2D eigenvalue weighted by Crippen LogP contribution is -1.88. The molecule has 1 nitrogen and oxygen atoms in total. The first-order valence-electron chi connectivity index (χ1n) is 3.50. The average Bonchev–Trinajstić information content (AvgIpc) is 2.09. The van der Waals surface area contributed by atoms with Crippen molar-refractivity contribution in [3.05, 3.63) is 34.7 Å². The topological polar surface area (TPSA) is 9.23 Å². The molecular formula is C9H9Cl2O. The van der Waals surface area contributed by atoms with Gasteiger partial charge in [0.1, 0.15) is 10.8 Å². The van der Waals surface area contributed by atoms with Crippen molar-refractivity contribution in [1.82, 2.24) is 0 Å². The summed E-state index contributed by atoms with van der Waals surface area (Å²) in [6.07, 6.45) is 0.674. The van der Waals surface area contributed by atoms with Crippen molar-refractivity contribution < 1.29 is 4.74 Å². The molecule has 3 heteroatoms. The minimum Gasteiger partial charge on any atom is -0.495 e. The van der Waals surface area contributed by atoms with Gasteiger partial charge >= 0.3 is 0 Å². The number of methoxy groups -OCH3 is 1. The van der Waals surface area contributed by atoms with E-state index < -0.39 is 0 Å². The van der Waals surface area contributed by atoms with Crippen LogP contribution in [-0.2, 0) is 6.42 Å². The number of hydrogen-bond acceptors (Lipinski definition) is 1. The van der Waals surface area contributed by atoms with E-state index in [-0.39, 0.29) is 0 Å². The van der Waals surface area contributed by atoms with Crippen LogP contribution in [0, 0.1) is 6.92 Å². The highest BCUT2D eigenvalue weighted by Crippen LogP contribution is 2.33. The summed E-state index contributed by atoms with van der Waals surface area (Å²) < 4.78 is 5.02. The SMILES string of the molecule is [CH2]Cc1cc(Cl)c(Cl)c(OC)c1. The molecule has 0 saturated carbocycles. The molecule has 65 valence electrons. The number of benzene rings is 1. The quantitative estimate of drug-likeness (QED) is 0.717. The summed E-state index contributed by atoms with van der Waals surface area (Å²) in [5, 5.41) is 0.964. The van der Waals surface area contributed by atoms with E-state index in [4.69, 9.17) is 27.9 Å². The van der Waals surface area contributed by atoms with Gasteiger partial charge in [0, 0.05) is 0 Å². The fraction of sp³-hybridized carbons (Fsp3) is 0.222. The van der Waals surface area contributed by atoms with Crippen LogP contribution >= 0.6 is 23.2 Å².